The zero-order valence-electron chi connectivity index (χ0n) is 12.4. The van der Waals surface area contributed by atoms with E-state index in [-0.39, 0.29) is 18.6 Å². The molecule has 0 bridgehead atoms. The van der Waals surface area contributed by atoms with Gasteiger partial charge in [-0.3, -0.25) is 4.79 Å². The van der Waals surface area contributed by atoms with Gasteiger partial charge < -0.3 is 9.84 Å². The molecule has 0 fully saturated rings. The van der Waals surface area contributed by atoms with Crippen LogP contribution >= 0.6 is 0 Å². The zero-order valence-corrected chi connectivity index (χ0v) is 12.4. The number of ketones is 1. The Kier molecular flexibility index (Phi) is 5.07. The van der Waals surface area contributed by atoms with Gasteiger partial charge in [-0.1, -0.05) is 60.7 Å². The van der Waals surface area contributed by atoms with Gasteiger partial charge in [0.05, 0.1) is 6.61 Å². The lowest BCUT2D eigenvalue weighted by Crippen LogP contribution is -2.45. The number of benzene rings is 2. The number of rotatable bonds is 6. The third kappa shape index (κ3) is 3.23. The number of hydrogen-bond donors (Lipinski definition) is 1. The second-order valence-corrected chi connectivity index (χ2v) is 4.88. The highest BCUT2D eigenvalue weighted by Crippen LogP contribution is 2.26. The fourth-order valence-electron chi connectivity index (χ4n) is 2.22. The lowest BCUT2D eigenvalue weighted by molar-refractivity contribution is -0.171. The summed E-state index contributed by atoms with van der Waals surface area (Å²) in [5.74, 6) is -1.55. The Hall–Kier alpha value is -2.46. The van der Waals surface area contributed by atoms with E-state index in [0.29, 0.717) is 0 Å². The first-order chi connectivity index (χ1) is 10.6. The van der Waals surface area contributed by atoms with E-state index in [9.17, 15) is 14.7 Å². The molecule has 2 aromatic rings. The number of Topliss-reactive ketones (excluding diaryl/α,β-unsaturated/α-hetero) is 1. The number of carbonyl (C=O) groups is 2. The molecule has 1 atom stereocenters. The predicted octanol–water partition coefficient (Wildman–Crippen LogP) is 2.25. The molecule has 0 aliphatic rings. The van der Waals surface area contributed by atoms with Crippen LogP contribution in [0.25, 0.3) is 0 Å². The van der Waals surface area contributed by atoms with Gasteiger partial charge in [-0.2, -0.15) is 0 Å². The minimum absolute atomic E-state index is 0.0505. The minimum atomic E-state index is -2.28. The van der Waals surface area contributed by atoms with Crippen LogP contribution < -0.4 is 0 Å². The highest BCUT2D eigenvalue weighted by atomic mass is 16.5. The van der Waals surface area contributed by atoms with Crippen LogP contribution in [0.2, 0.25) is 0 Å². The summed E-state index contributed by atoms with van der Waals surface area (Å²) in [5, 5.41) is 10.8. The Morgan fingerprint density at radius 1 is 1.00 bits per heavy atom. The fraction of sp³-hybridized carbons (Fsp3) is 0.222. The van der Waals surface area contributed by atoms with E-state index >= 15 is 0 Å². The van der Waals surface area contributed by atoms with Gasteiger partial charge in [0, 0.05) is 12.0 Å². The first-order valence-electron chi connectivity index (χ1n) is 7.11. The lowest BCUT2D eigenvalue weighted by atomic mass is 9.86. The molecule has 0 aliphatic carbocycles. The SMILES string of the molecule is CCOC(=O)C(O)(C(=O)Cc1ccccc1)c1ccccc1. The van der Waals surface area contributed by atoms with Crippen molar-refractivity contribution >= 4 is 11.8 Å². The summed E-state index contributed by atoms with van der Waals surface area (Å²) in [6, 6.07) is 17.1. The number of ether oxygens (including phenoxy) is 1. The van der Waals surface area contributed by atoms with E-state index in [2.05, 4.69) is 0 Å². The van der Waals surface area contributed by atoms with Gasteiger partial charge in [-0.15, -0.1) is 0 Å². The molecule has 4 heteroatoms. The third-order valence-corrected chi connectivity index (χ3v) is 3.37. The molecular formula is C18H18O4. The number of aliphatic hydroxyl groups is 1. The van der Waals surface area contributed by atoms with Crippen molar-refractivity contribution in [3.63, 3.8) is 0 Å². The average Bonchev–Trinajstić information content (AvgIpc) is 2.56. The van der Waals surface area contributed by atoms with Crippen molar-refractivity contribution in [1.82, 2.24) is 0 Å². The van der Waals surface area contributed by atoms with Gasteiger partial charge in [0.2, 0.25) is 5.60 Å². The second kappa shape index (κ2) is 7.00. The first-order valence-corrected chi connectivity index (χ1v) is 7.11. The third-order valence-electron chi connectivity index (χ3n) is 3.37. The molecule has 0 spiro atoms. The molecule has 1 N–H and O–H groups in total. The monoisotopic (exact) mass is 298 g/mol. The Bertz CT molecular complexity index is 637. The van der Waals surface area contributed by atoms with Crippen molar-refractivity contribution in [2.24, 2.45) is 0 Å². The minimum Gasteiger partial charge on any atom is -0.463 e. The van der Waals surface area contributed by atoms with Crippen molar-refractivity contribution in [3.05, 3.63) is 71.8 Å². The molecule has 4 nitrogen and oxygen atoms in total. The predicted molar refractivity (Wildman–Crippen MR) is 82.1 cm³/mol. The molecule has 0 amide bonds. The van der Waals surface area contributed by atoms with E-state index < -0.39 is 17.4 Å². The first kappa shape index (κ1) is 15.9. The topological polar surface area (TPSA) is 63.6 Å². The van der Waals surface area contributed by atoms with E-state index in [1.165, 1.54) is 0 Å². The van der Waals surface area contributed by atoms with Gasteiger partial charge in [0.15, 0.2) is 5.78 Å². The molecule has 0 saturated carbocycles. The van der Waals surface area contributed by atoms with Gasteiger partial charge in [0.25, 0.3) is 0 Å². The van der Waals surface area contributed by atoms with Crippen molar-refractivity contribution in [3.8, 4) is 0 Å². The van der Waals surface area contributed by atoms with E-state index in [1.807, 2.05) is 6.07 Å². The smallest absolute Gasteiger partial charge is 0.350 e. The summed E-state index contributed by atoms with van der Waals surface area (Å²) < 4.78 is 4.91. The van der Waals surface area contributed by atoms with Crippen molar-refractivity contribution in [1.29, 1.82) is 0 Å². The van der Waals surface area contributed by atoms with Crippen LogP contribution in [0.3, 0.4) is 0 Å². The van der Waals surface area contributed by atoms with Crippen molar-refractivity contribution in [2.45, 2.75) is 18.9 Å². The summed E-state index contributed by atoms with van der Waals surface area (Å²) in [4.78, 5) is 24.8. The lowest BCUT2D eigenvalue weighted by Gasteiger charge is -2.25. The second-order valence-electron chi connectivity index (χ2n) is 4.88. The summed E-state index contributed by atoms with van der Waals surface area (Å²) in [5.41, 5.74) is -1.34. The number of hydrogen-bond acceptors (Lipinski definition) is 4. The van der Waals surface area contributed by atoms with Gasteiger partial charge in [0.1, 0.15) is 0 Å². The zero-order chi connectivity index (χ0) is 16.0. The van der Waals surface area contributed by atoms with Crippen LogP contribution in [0.15, 0.2) is 60.7 Å². The maximum absolute atomic E-state index is 12.6. The molecule has 2 rings (SSSR count). The van der Waals surface area contributed by atoms with E-state index in [0.717, 1.165) is 5.56 Å². The number of carbonyl (C=O) groups excluding carboxylic acids is 2. The maximum atomic E-state index is 12.6. The molecule has 114 valence electrons. The average molecular weight is 298 g/mol. The van der Waals surface area contributed by atoms with Crippen LogP contribution in [-0.2, 0) is 26.3 Å². The maximum Gasteiger partial charge on any atom is 0.350 e. The summed E-state index contributed by atoms with van der Waals surface area (Å²) in [6.45, 7) is 1.72. The Labute approximate surface area is 129 Å². The highest BCUT2D eigenvalue weighted by Gasteiger charge is 2.46. The van der Waals surface area contributed by atoms with Crippen LogP contribution in [0.1, 0.15) is 18.1 Å². The van der Waals surface area contributed by atoms with Crippen molar-refractivity contribution in [2.75, 3.05) is 6.61 Å². The van der Waals surface area contributed by atoms with E-state index in [1.54, 1.807) is 61.5 Å². The summed E-state index contributed by atoms with van der Waals surface area (Å²) >= 11 is 0. The molecule has 0 saturated heterocycles. The van der Waals surface area contributed by atoms with Crippen LogP contribution in [-0.4, -0.2) is 23.5 Å². The molecule has 1 unspecified atom stereocenters. The molecule has 0 aromatic heterocycles. The van der Waals surface area contributed by atoms with Crippen LogP contribution in [0, 0.1) is 0 Å². The summed E-state index contributed by atoms with van der Waals surface area (Å²) in [7, 11) is 0. The highest BCUT2D eigenvalue weighted by molar-refractivity contribution is 6.08. The normalized spacial score (nSPS) is 13.2. The van der Waals surface area contributed by atoms with Gasteiger partial charge >= 0.3 is 5.97 Å². The van der Waals surface area contributed by atoms with Gasteiger partial charge in [-0.25, -0.2) is 4.79 Å². The van der Waals surface area contributed by atoms with Gasteiger partial charge in [-0.05, 0) is 12.5 Å². The largest absolute Gasteiger partial charge is 0.463 e. The van der Waals surface area contributed by atoms with Crippen LogP contribution in [0.5, 0.6) is 0 Å². The summed E-state index contributed by atoms with van der Waals surface area (Å²) in [6.07, 6.45) is -0.0505. The molecule has 22 heavy (non-hydrogen) atoms. The Morgan fingerprint density at radius 3 is 2.09 bits per heavy atom. The van der Waals surface area contributed by atoms with Crippen LogP contribution in [0.4, 0.5) is 0 Å². The molecule has 0 aliphatic heterocycles. The quantitative estimate of drug-likeness (QED) is 0.656. The molecule has 2 aromatic carbocycles. The van der Waals surface area contributed by atoms with E-state index in [4.69, 9.17) is 4.74 Å². The molecule has 0 radical (unpaired) electrons. The molecular weight excluding hydrogens is 280 g/mol. The Morgan fingerprint density at radius 2 is 1.55 bits per heavy atom. The molecule has 0 heterocycles. The Balaban J connectivity index is 2.36. The fourth-order valence-corrected chi connectivity index (χ4v) is 2.22. The van der Waals surface area contributed by atoms with Crippen molar-refractivity contribution < 1.29 is 19.4 Å². The standard InChI is InChI=1S/C18H18O4/c1-2-22-17(20)18(21,15-11-7-4-8-12-15)16(19)13-14-9-5-3-6-10-14/h3-12,21H,2,13H2,1H3. The number of esters is 1.